The molecule has 2 N–H and O–H groups in total. The van der Waals surface area contributed by atoms with Crippen molar-refractivity contribution in [1.82, 2.24) is 20.2 Å². The third kappa shape index (κ3) is 3.32. The number of imidazole rings is 1. The van der Waals surface area contributed by atoms with E-state index in [1.807, 2.05) is 25.3 Å². The summed E-state index contributed by atoms with van der Waals surface area (Å²) in [6.07, 6.45) is 1.91. The van der Waals surface area contributed by atoms with Gasteiger partial charge in [-0.05, 0) is 5.41 Å². The molecule has 0 fully saturated rings. The highest BCUT2D eigenvalue weighted by atomic mass is 16.2. The van der Waals surface area contributed by atoms with Crippen LogP contribution < -0.4 is 10.6 Å². The lowest BCUT2D eigenvalue weighted by atomic mass is 9.77. The number of ketones is 1. The molecule has 1 aromatic heterocycles. The highest BCUT2D eigenvalue weighted by Gasteiger charge is 2.34. The summed E-state index contributed by atoms with van der Waals surface area (Å²) in [5, 5.41) is 5.90. The normalized spacial score (nSPS) is 16.2. The van der Waals surface area contributed by atoms with Crippen molar-refractivity contribution in [3.63, 3.8) is 0 Å². The maximum absolute atomic E-state index is 12.6. The van der Waals surface area contributed by atoms with Crippen molar-refractivity contribution in [1.29, 1.82) is 0 Å². The van der Waals surface area contributed by atoms with Crippen LogP contribution >= 0.6 is 0 Å². The molecule has 0 radical (unpaired) electrons. The lowest BCUT2D eigenvalue weighted by Crippen LogP contribution is -2.38. The lowest BCUT2D eigenvalue weighted by Gasteiger charge is -2.28. The second-order valence-electron chi connectivity index (χ2n) is 6.57. The first kappa shape index (κ1) is 15.7. The molecule has 1 aliphatic heterocycles. The van der Waals surface area contributed by atoms with Gasteiger partial charge in [0.05, 0.1) is 17.9 Å². The predicted octanol–water partition coefficient (Wildman–Crippen LogP) is 0.967. The van der Waals surface area contributed by atoms with Crippen molar-refractivity contribution < 1.29 is 9.59 Å². The molecule has 1 atom stereocenters. The molecule has 6 heteroatoms. The largest absolute Gasteiger partial charge is 0.359 e. The van der Waals surface area contributed by atoms with Crippen molar-refractivity contribution in [3.05, 3.63) is 17.7 Å². The minimum atomic E-state index is -0.358. The molecule has 1 aliphatic rings. The summed E-state index contributed by atoms with van der Waals surface area (Å²) in [4.78, 5) is 28.9. The summed E-state index contributed by atoms with van der Waals surface area (Å²) in [7, 11) is 1.61. The Morgan fingerprint density at radius 3 is 2.81 bits per heavy atom. The molecule has 21 heavy (non-hydrogen) atoms. The third-order valence-electron chi connectivity index (χ3n) is 4.03. The first-order chi connectivity index (χ1) is 9.84. The van der Waals surface area contributed by atoms with Gasteiger partial charge in [-0.15, -0.1) is 0 Å². The summed E-state index contributed by atoms with van der Waals surface area (Å²) in [6, 6.07) is 0. The van der Waals surface area contributed by atoms with Gasteiger partial charge in [-0.25, -0.2) is 4.98 Å². The highest BCUT2D eigenvalue weighted by molar-refractivity contribution is 5.98. The number of hydrogen-bond donors (Lipinski definition) is 2. The van der Waals surface area contributed by atoms with Crippen LogP contribution in [0.2, 0.25) is 0 Å². The Hall–Kier alpha value is -1.69. The van der Waals surface area contributed by atoms with Gasteiger partial charge in [-0.2, -0.15) is 0 Å². The van der Waals surface area contributed by atoms with Crippen LogP contribution in [-0.4, -0.2) is 34.8 Å². The van der Waals surface area contributed by atoms with Gasteiger partial charge in [0.15, 0.2) is 5.78 Å². The molecule has 1 amide bonds. The molecule has 116 valence electrons. The van der Waals surface area contributed by atoms with E-state index in [4.69, 9.17) is 0 Å². The number of nitrogens with one attached hydrogen (secondary N) is 2. The van der Waals surface area contributed by atoms with E-state index in [0.29, 0.717) is 12.2 Å². The van der Waals surface area contributed by atoms with Gasteiger partial charge in [0.2, 0.25) is 5.91 Å². The van der Waals surface area contributed by atoms with Gasteiger partial charge in [0.25, 0.3) is 0 Å². The Morgan fingerprint density at radius 2 is 2.19 bits per heavy atom. The molecule has 0 unspecified atom stereocenters. The smallest absolute Gasteiger partial charge is 0.223 e. The van der Waals surface area contributed by atoms with Crippen LogP contribution in [0, 0.1) is 11.3 Å². The summed E-state index contributed by atoms with van der Waals surface area (Å²) < 4.78 is 2.01. The average Bonchev–Trinajstić information content (AvgIpc) is 2.86. The molecular formula is C15H24N4O2. The molecule has 0 spiro atoms. The SMILES string of the molecule is CNC(=O)[C@@H](CC(=O)c1ncn2c1CNCC2)C(C)(C)C. The van der Waals surface area contributed by atoms with Crippen molar-refractivity contribution in [2.75, 3.05) is 13.6 Å². The van der Waals surface area contributed by atoms with Gasteiger partial charge < -0.3 is 15.2 Å². The van der Waals surface area contributed by atoms with E-state index in [-0.39, 0.29) is 29.4 Å². The van der Waals surface area contributed by atoms with Crippen LogP contribution in [-0.2, 0) is 17.9 Å². The summed E-state index contributed by atoms with van der Waals surface area (Å²) in [6.45, 7) is 8.30. The number of carbonyl (C=O) groups is 2. The molecule has 2 rings (SSSR count). The summed E-state index contributed by atoms with van der Waals surface area (Å²) in [5.74, 6) is -0.512. The minimum absolute atomic E-state index is 0.0593. The molecule has 2 heterocycles. The van der Waals surface area contributed by atoms with E-state index in [1.54, 1.807) is 13.4 Å². The number of carbonyl (C=O) groups excluding carboxylic acids is 2. The first-order valence-electron chi connectivity index (χ1n) is 7.34. The maximum Gasteiger partial charge on any atom is 0.223 e. The van der Waals surface area contributed by atoms with Crippen LogP contribution in [0.1, 0.15) is 43.4 Å². The molecule has 6 nitrogen and oxygen atoms in total. The van der Waals surface area contributed by atoms with Gasteiger partial charge in [0, 0.05) is 33.1 Å². The Bertz CT molecular complexity index is 542. The Labute approximate surface area is 125 Å². The molecule has 0 saturated carbocycles. The van der Waals surface area contributed by atoms with E-state index in [1.165, 1.54) is 0 Å². The molecular weight excluding hydrogens is 268 g/mol. The van der Waals surface area contributed by atoms with E-state index >= 15 is 0 Å². The Kier molecular flexibility index (Phi) is 4.46. The molecule has 1 aromatic rings. The number of amides is 1. The van der Waals surface area contributed by atoms with Crippen LogP contribution in [0.5, 0.6) is 0 Å². The lowest BCUT2D eigenvalue weighted by molar-refractivity contribution is -0.127. The van der Waals surface area contributed by atoms with Crippen molar-refractivity contribution in [2.45, 2.75) is 40.3 Å². The fourth-order valence-electron chi connectivity index (χ4n) is 2.67. The Balaban J connectivity index is 2.20. The number of nitrogens with zero attached hydrogens (tertiary/aromatic N) is 2. The van der Waals surface area contributed by atoms with Crippen LogP contribution in [0.4, 0.5) is 0 Å². The number of aromatic nitrogens is 2. The minimum Gasteiger partial charge on any atom is -0.359 e. The fourth-order valence-corrected chi connectivity index (χ4v) is 2.67. The zero-order valence-corrected chi connectivity index (χ0v) is 13.2. The van der Waals surface area contributed by atoms with Crippen LogP contribution in [0.3, 0.4) is 0 Å². The molecule has 0 bridgehead atoms. The van der Waals surface area contributed by atoms with E-state index < -0.39 is 0 Å². The van der Waals surface area contributed by atoms with Crippen molar-refractivity contribution >= 4 is 11.7 Å². The van der Waals surface area contributed by atoms with Crippen molar-refractivity contribution in [2.24, 2.45) is 11.3 Å². The third-order valence-corrected chi connectivity index (χ3v) is 4.03. The summed E-state index contributed by atoms with van der Waals surface area (Å²) in [5.41, 5.74) is 1.16. The number of fused-ring (bicyclic) bond motifs is 1. The van der Waals surface area contributed by atoms with E-state index in [0.717, 1.165) is 18.8 Å². The number of hydrogen-bond acceptors (Lipinski definition) is 4. The fraction of sp³-hybridized carbons (Fsp3) is 0.667. The number of Topliss-reactive ketones (excluding diaryl/α,β-unsaturated/α-hetero) is 1. The van der Waals surface area contributed by atoms with Gasteiger partial charge in [-0.3, -0.25) is 9.59 Å². The van der Waals surface area contributed by atoms with Gasteiger partial charge >= 0.3 is 0 Å². The molecule has 0 aliphatic carbocycles. The standard InChI is InChI=1S/C15H24N4O2/c1-15(2,3)10(14(21)16-4)7-12(20)13-11-8-17-5-6-19(11)9-18-13/h9-10,17H,5-8H2,1-4H3,(H,16,21)/t10-/m1/s1. The molecule has 0 aromatic carbocycles. The highest BCUT2D eigenvalue weighted by Crippen LogP contribution is 2.30. The number of rotatable bonds is 4. The quantitative estimate of drug-likeness (QED) is 0.811. The predicted molar refractivity (Wildman–Crippen MR) is 79.9 cm³/mol. The van der Waals surface area contributed by atoms with Gasteiger partial charge in [-0.1, -0.05) is 20.8 Å². The molecule has 0 saturated heterocycles. The van der Waals surface area contributed by atoms with Crippen LogP contribution in [0.25, 0.3) is 0 Å². The zero-order chi connectivity index (χ0) is 15.6. The van der Waals surface area contributed by atoms with Crippen molar-refractivity contribution in [3.8, 4) is 0 Å². The second kappa shape index (κ2) is 5.97. The van der Waals surface area contributed by atoms with Crippen LogP contribution in [0.15, 0.2) is 6.33 Å². The zero-order valence-electron chi connectivity index (χ0n) is 13.2. The second-order valence-corrected chi connectivity index (χ2v) is 6.57. The summed E-state index contributed by atoms with van der Waals surface area (Å²) >= 11 is 0. The topological polar surface area (TPSA) is 76.0 Å². The monoisotopic (exact) mass is 292 g/mol. The van der Waals surface area contributed by atoms with E-state index in [2.05, 4.69) is 15.6 Å². The van der Waals surface area contributed by atoms with Gasteiger partial charge in [0.1, 0.15) is 5.69 Å². The van der Waals surface area contributed by atoms with E-state index in [9.17, 15) is 9.59 Å². The maximum atomic E-state index is 12.6. The first-order valence-corrected chi connectivity index (χ1v) is 7.34. The Morgan fingerprint density at radius 1 is 1.48 bits per heavy atom. The average molecular weight is 292 g/mol.